The van der Waals surface area contributed by atoms with E-state index >= 15 is 0 Å². The molecule has 1 fully saturated rings. The molecule has 1 aromatic heterocycles. The number of pyridine rings is 1. The van der Waals surface area contributed by atoms with E-state index in [1.54, 1.807) is 18.2 Å². The van der Waals surface area contributed by atoms with Gasteiger partial charge in [-0.05, 0) is 36.6 Å². The topological polar surface area (TPSA) is 48.1 Å². The lowest BCUT2D eigenvalue weighted by Crippen LogP contribution is -2.26. The second-order valence-electron chi connectivity index (χ2n) is 6.89. The molecule has 1 aliphatic heterocycles. The lowest BCUT2D eigenvalue weighted by molar-refractivity contribution is 0.514. The van der Waals surface area contributed by atoms with Crippen molar-refractivity contribution in [1.29, 1.82) is 0 Å². The summed E-state index contributed by atoms with van der Waals surface area (Å²) in [6, 6.07) is 16.6. The zero-order valence-corrected chi connectivity index (χ0v) is 14.5. The maximum absolute atomic E-state index is 13.9. The third kappa shape index (κ3) is 3.48. The molecule has 134 valence electrons. The summed E-state index contributed by atoms with van der Waals surface area (Å²) in [5.74, 6) is 0.176. The van der Waals surface area contributed by atoms with Crippen LogP contribution in [-0.2, 0) is 6.54 Å². The first-order chi connectivity index (χ1) is 12.7. The minimum atomic E-state index is -0.393. The van der Waals surface area contributed by atoms with Crippen LogP contribution in [0, 0.1) is 11.7 Å². The van der Waals surface area contributed by atoms with Crippen LogP contribution in [0.1, 0.15) is 12.1 Å². The number of hydrogen-bond donors (Lipinski definition) is 2. The lowest BCUT2D eigenvalue weighted by atomic mass is 10.1. The van der Waals surface area contributed by atoms with Crippen molar-refractivity contribution >= 4 is 16.6 Å². The molecule has 26 heavy (non-hydrogen) atoms. The number of H-pyrrole nitrogens is 1. The predicted molar refractivity (Wildman–Crippen MR) is 103 cm³/mol. The summed E-state index contributed by atoms with van der Waals surface area (Å²) in [5.41, 5.74) is 2.12. The summed E-state index contributed by atoms with van der Waals surface area (Å²) in [6.45, 7) is 3.50. The number of para-hydroxylation sites is 2. The van der Waals surface area contributed by atoms with Gasteiger partial charge in [0.1, 0.15) is 5.82 Å². The fourth-order valence-corrected chi connectivity index (χ4v) is 3.67. The Bertz CT molecular complexity index is 954. The first-order valence-electron chi connectivity index (χ1n) is 9.02. The van der Waals surface area contributed by atoms with E-state index in [1.165, 1.54) is 11.8 Å². The van der Waals surface area contributed by atoms with Crippen molar-refractivity contribution < 1.29 is 4.39 Å². The maximum atomic E-state index is 13.9. The molecule has 2 N–H and O–H groups in total. The highest BCUT2D eigenvalue weighted by atomic mass is 19.1. The molecule has 5 heteroatoms. The first-order valence-corrected chi connectivity index (χ1v) is 9.02. The van der Waals surface area contributed by atoms with Crippen molar-refractivity contribution in [3.05, 3.63) is 76.3 Å². The fourth-order valence-electron chi connectivity index (χ4n) is 3.67. The SMILES string of the molecule is O=c1cc(CNC[C@H]2CCN(c3ccccc3)C2)[nH]c2c(F)cccc12. The number of nitrogens with one attached hydrogen (secondary N) is 2. The van der Waals surface area contributed by atoms with Crippen LogP contribution in [-0.4, -0.2) is 24.6 Å². The van der Waals surface area contributed by atoms with Crippen molar-refractivity contribution in [1.82, 2.24) is 10.3 Å². The van der Waals surface area contributed by atoms with Crippen LogP contribution in [0.5, 0.6) is 0 Å². The molecule has 0 bridgehead atoms. The lowest BCUT2D eigenvalue weighted by Gasteiger charge is -2.18. The number of anilines is 1. The summed E-state index contributed by atoms with van der Waals surface area (Å²) in [6.07, 6.45) is 1.14. The van der Waals surface area contributed by atoms with E-state index in [0.29, 0.717) is 23.5 Å². The molecule has 1 atom stereocenters. The molecular weight excluding hydrogens is 329 g/mol. The highest BCUT2D eigenvalue weighted by Gasteiger charge is 2.22. The number of hydrogen-bond acceptors (Lipinski definition) is 3. The zero-order valence-electron chi connectivity index (χ0n) is 14.5. The van der Waals surface area contributed by atoms with E-state index < -0.39 is 5.82 Å². The maximum Gasteiger partial charge on any atom is 0.189 e. The van der Waals surface area contributed by atoms with Crippen LogP contribution >= 0.6 is 0 Å². The zero-order chi connectivity index (χ0) is 17.9. The number of nitrogens with zero attached hydrogens (tertiary/aromatic N) is 1. The number of fused-ring (bicyclic) bond motifs is 1. The van der Waals surface area contributed by atoms with Crippen LogP contribution in [0.4, 0.5) is 10.1 Å². The highest BCUT2D eigenvalue weighted by Crippen LogP contribution is 2.23. The van der Waals surface area contributed by atoms with Gasteiger partial charge in [0, 0.05) is 49.0 Å². The van der Waals surface area contributed by atoms with Crippen LogP contribution in [0.3, 0.4) is 0 Å². The minimum Gasteiger partial charge on any atom is -0.371 e. The van der Waals surface area contributed by atoms with E-state index in [4.69, 9.17) is 0 Å². The van der Waals surface area contributed by atoms with E-state index in [0.717, 1.165) is 26.1 Å². The average molecular weight is 351 g/mol. The Kier molecular flexibility index (Phi) is 4.71. The van der Waals surface area contributed by atoms with Crippen molar-refractivity contribution in [3.8, 4) is 0 Å². The van der Waals surface area contributed by atoms with Crippen LogP contribution < -0.4 is 15.6 Å². The standard InChI is InChI=1S/C21H22FN3O/c22-19-8-4-7-18-20(26)11-16(24-21(18)19)13-23-12-15-9-10-25(14-15)17-5-2-1-3-6-17/h1-8,11,15,23H,9-10,12-14H2,(H,24,26)/t15-/m1/s1. The number of halogens is 1. The highest BCUT2D eigenvalue weighted by molar-refractivity contribution is 5.78. The molecule has 0 spiro atoms. The molecule has 1 aliphatic rings. The molecule has 0 radical (unpaired) electrons. The van der Waals surface area contributed by atoms with Gasteiger partial charge in [0.2, 0.25) is 0 Å². The molecule has 0 aliphatic carbocycles. The van der Waals surface area contributed by atoms with Crippen LogP contribution in [0.15, 0.2) is 59.4 Å². The van der Waals surface area contributed by atoms with E-state index in [9.17, 15) is 9.18 Å². The van der Waals surface area contributed by atoms with Gasteiger partial charge >= 0.3 is 0 Å². The minimum absolute atomic E-state index is 0.147. The predicted octanol–water partition coefficient (Wildman–Crippen LogP) is 3.28. The molecule has 0 unspecified atom stereocenters. The summed E-state index contributed by atoms with van der Waals surface area (Å²) in [7, 11) is 0. The molecule has 0 saturated carbocycles. The average Bonchev–Trinajstić information content (AvgIpc) is 3.12. The number of aromatic amines is 1. The normalized spacial score (nSPS) is 17.1. The third-order valence-corrected chi connectivity index (χ3v) is 5.03. The fraction of sp³-hybridized carbons (Fsp3) is 0.286. The largest absolute Gasteiger partial charge is 0.371 e. The second-order valence-corrected chi connectivity index (χ2v) is 6.89. The van der Waals surface area contributed by atoms with Crippen molar-refractivity contribution in [2.75, 3.05) is 24.5 Å². The molecule has 0 amide bonds. The van der Waals surface area contributed by atoms with Gasteiger partial charge in [0.15, 0.2) is 5.43 Å². The van der Waals surface area contributed by atoms with E-state index in [-0.39, 0.29) is 10.9 Å². The molecule has 2 heterocycles. The second kappa shape index (κ2) is 7.30. The molecule has 1 saturated heterocycles. The Labute approximate surface area is 151 Å². The van der Waals surface area contributed by atoms with Crippen LogP contribution in [0.2, 0.25) is 0 Å². The Morgan fingerprint density at radius 3 is 2.85 bits per heavy atom. The smallest absolute Gasteiger partial charge is 0.189 e. The third-order valence-electron chi connectivity index (χ3n) is 5.03. The van der Waals surface area contributed by atoms with Gasteiger partial charge in [0.25, 0.3) is 0 Å². The Hall–Kier alpha value is -2.66. The Morgan fingerprint density at radius 1 is 1.15 bits per heavy atom. The molecular formula is C21H22FN3O. The summed E-state index contributed by atoms with van der Waals surface area (Å²) >= 11 is 0. The number of benzene rings is 2. The van der Waals surface area contributed by atoms with Gasteiger partial charge in [-0.15, -0.1) is 0 Å². The summed E-state index contributed by atoms with van der Waals surface area (Å²) in [5, 5.41) is 3.80. The Morgan fingerprint density at radius 2 is 2.00 bits per heavy atom. The summed E-state index contributed by atoms with van der Waals surface area (Å²) < 4.78 is 13.9. The molecule has 4 nitrogen and oxygen atoms in total. The van der Waals surface area contributed by atoms with Gasteiger partial charge in [-0.3, -0.25) is 4.79 Å². The molecule has 3 aromatic rings. The van der Waals surface area contributed by atoms with Crippen molar-refractivity contribution in [3.63, 3.8) is 0 Å². The number of aromatic nitrogens is 1. The summed E-state index contributed by atoms with van der Waals surface area (Å²) in [4.78, 5) is 17.6. The van der Waals surface area contributed by atoms with Gasteiger partial charge in [-0.1, -0.05) is 24.3 Å². The van der Waals surface area contributed by atoms with Gasteiger partial charge in [-0.2, -0.15) is 0 Å². The van der Waals surface area contributed by atoms with Crippen molar-refractivity contribution in [2.24, 2.45) is 5.92 Å². The van der Waals surface area contributed by atoms with Crippen molar-refractivity contribution in [2.45, 2.75) is 13.0 Å². The number of rotatable bonds is 5. The monoisotopic (exact) mass is 351 g/mol. The first kappa shape index (κ1) is 16.8. The van der Waals surface area contributed by atoms with Gasteiger partial charge in [-0.25, -0.2) is 4.39 Å². The molecule has 2 aromatic carbocycles. The van der Waals surface area contributed by atoms with Crippen LogP contribution in [0.25, 0.3) is 10.9 Å². The molecule has 4 rings (SSSR count). The quantitative estimate of drug-likeness (QED) is 0.742. The van der Waals surface area contributed by atoms with E-state index in [1.807, 2.05) is 6.07 Å². The van der Waals surface area contributed by atoms with E-state index in [2.05, 4.69) is 39.5 Å². The van der Waals surface area contributed by atoms with Gasteiger partial charge in [0.05, 0.1) is 5.52 Å². The Balaban J connectivity index is 1.36. The van der Waals surface area contributed by atoms with Gasteiger partial charge < -0.3 is 15.2 Å².